The normalized spacial score (nSPS) is 12.4. The van der Waals surface area contributed by atoms with E-state index in [-0.39, 0.29) is 0 Å². The molecule has 0 aliphatic heterocycles. The Balaban J connectivity index is 1.35. The van der Waals surface area contributed by atoms with Crippen LogP contribution in [0.4, 0.5) is 0 Å². The maximum absolute atomic E-state index is 2.53. The molecule has 0 aliphatic rings. The van der Waals surface area contributed by atoms with Gasteiger partial charge in [-0.25, -0.2) is 0 Å². The minimum absolute atomic E-state index is 1.18. The summed E-state index contributed by atoms with van der Waals surface area (Å²) in [6.45, 7) is 0. The smallest absolute Gasteiger partial charge is 0.0620 e. The average Bonchev–Trinajstić information content (AvgIpc) is 3.82. The first kappa shape index (κ1) is 23.4. The van der Waals surface area contributed by atoms with Gasteiger partial charge in [0, 0.05) is 54.5 Å². The maximum Gasteiger partial charge on any atom is 0.0620 e. The quantitative estimate of drug-likeness (QED) is 0.196. The van der Waals surface area contributed by atoms with Crippen LogP contribution in [0.25, 0.3) is 93.1 Å². The Labute approximate surface area is 257 Å². The molecule has 0 amide bonds. The van der Waals surface area contributed by atoms with Gasteiger partial charge in [0.25, 0.3) is 0 Å². The number of nitrogens with zero attached hydrogens (tertiary/aromatic N) is 3. The highest BCUT2D eigenvalue weighted by Gasteiger charge is 2.24. The van der Waals surface area contributed by atoms with Crippen molar-refractivity contribution in [3.63, 3.8) is 0 Å². The van der Waals surface area contributed by atoms with Crippen LogP contribution in [0.15, 0.2) is 152 Å². The summed E-state index contributed by atoms with van der Waals surface area (Å²) in [5, 5.41) is 10.5. The van der Waals surface area contributed by atoms with Crippen LogP contribution in [0.3, 0.4) is 0 Å². The van der Waals surface area contributed by atoms with Crippen molar-refractivity contribution in [2.45, 2.75) is 0 Å². The molecule has 0 radical (unpaired) electrons. The zero-order valence-electron chi connectivity index (χ0n) is 24.3. The largest absolute Gasteiger partial charge is 0.309 e. The second-order valence-electron chi connectivity index (χ2n) is 12.1. The van der Waals surface area contributed by atoms with Crippen LogP contribution in [-0.4, -0.2) is 13.5 Å². The van der Waals surface area contributed by atoms with Crippen LogP contribution >= 0.6 is 0 Å². The zero-order valence-corrected chi connectivity index (χ0v) is 24.3. The van der Waals surface area contributed by atoms with E-state index in [4.69, 9.17) is 0 Å². The van der Waals surface area contributed by atoms with Gasteiger partial charge in [0.15, 0.2) is 0 Å². The van der Waals surface area contributed by atoms with E-state index < -0.39 is 0 Å². The first-order valence-electron chi connectivity index (χ1n) is 15.6. The Morgan fingerprint density at radius 3 is 1.13 bits per heavy atom. The van der Waals surface area contributed by atoms with Gasteiger partial charge in [0.2, 0.25) is 0 Å². The second kappa shape index (κ2) is 8.31. The van der Waals surface area contributed by atoms with Crippen molar-refractivity contribution in [3.8, 4) is 11.4 Å². The summed E-state index contributed by atoms with van der Waals surface area (Å²) in [5.41, 5.74) is 11.1. The molecule has 0 fully saturated rings. The number of aromatic nitrogens is 3. The van der Waals surface area contributed by atoms with Crippen LogP contribution in [0.2, 0.25) is 0 Å². The second-order valence-corrected chi connectivity index (χ2v) is 12.1. The maximum atomic E-state index is 2.53. The van der Waals surface area contributed by atoms with Gasteiger partial charge in [0.05, 0.1) is 38.6 Å². The molecule has 0 N–H and O–H groups in total. The highest BCUT2D eigenvalue weighted by molar-refractivity contribution is 6.36. The third-order valence-corrected chi connectivity index (χ3v) is 9.94. The molecule has 0 atom stereocenters. The molecule has 11 aromatic rings. The van der Waals surface area contributed by atoms with Gasteiger partial charge < -0.3 is 13.5 Å². The summed E-state index contributed by atoms with van der Waals surface area (Å²) in [7, 11) is 0. The fourth-order valence-electron chi connectivity index (χ4n) is 8.29. The number of hydrogen-bond donors (Lipinski definition) is 0. The molecule has 0 saturated carbocycles. The summed E-state index contributed by atoms with van der Waals surface area (Å²) in [5.74, 6) is 0. The highest BCUT2D eigenvalue weighted by Crippen LogP contribution is 2.47. The summed E-state index contributed by atoms with van der Waals surface area (Å²) in [6, 6.07) is 55.4. The lowest BCUT2D eigenvalue weighted by Crippen LogP contribution is -1.93. The van der Waals surface area contributed by atoms with Gasteiger partial charge in [-0.1, -0.05) is 91.0 Å². The Kier molecular flexibility index (Phi) is 4.32. The monoisotopic (exact) mass is 571 g/mol. The van der Waals surface area contributed by atoms with Crippen LogP contribution in [0, 0.1) is 0 Å². The highest BCUT2D eigenvalue weighted by atomic mass is 15.0. The molecule has 0 aliphatic carbocycles. The molecule has 0 saturated heterocycles. The first-order valence-corrected chi connectivity index (χ1v) is 15.6. The molecule has 4 heterocycles. The van der Waals surface area contributed by atoms with Gasteiger partial charge in [0.1, 0.15) is 0 Å². The lowest BCUT2D eigenvalue weighted by atomic mass is 10.0. The molecule has 3 nitrogen and oxygen atoms in total. The molecule has 3 heteroatoms. The predicted octanol–water partition coefficient (Wildman–Crippen LogP) is 11.0. The molecule has 45 heavy (non-hydrogen) atoms. The Hall–Kier alpha value is -6.06. The minimum Gasteiger partial charge on any atom is -0.309 e. The van der Waals surface area contributed by atoms with Gasteiger partial charge in [-0.3, -0.25) is 0 Å². The van der Waals surface area contributed by atoms with Crippen molar-refractivity contribution in [1.29, 1.82) is 0 Å². The number of para-hydroxylation sites is 5. The van der Waals surface area contributed by atoms with Gasteiger partial charge in [-0.2, -0.15) is 0 Å². The third kappa shape index (κ3) is 2.82. The lowest BCUT2D eigenvalue weighted by molar-refractivity contribution is 1.18. The summed E-state index contributed by atoms with van der Waals surface area (Å²) >= 11 is 0. The van der Waals surface area contributed by atoms with Crippen LogP contribution < -0.4 is 0 Å². The van der Waals surface area contributed by atoms with E-state index in [1.807, 2.05) is 0 Å². The Bertz CT molecular complexity index is 2760. The average molecular weight is 572 g/mol. The van der Waals surface area contributed by atoms with E-state index in [1.165, 1.54) is 93.1 Å². The van der Waals surface area contributed by atoms with E-state index >= 15 is 0 Å². The number of fused-ring (bicyclic) bond motifs is 14. The van der Waals surface area contributed by atoms with Crippen LogP contribution in [0.1, 0.15) is 0 Å². The molecule has 0 bridgehead atoms. The molecular weight excluding hydrogens is 546 g/mol. The van der Waals surface area contributed by atoms with Crippen molar-refractivity contribution in [1.82, 2.24) is 13.5 Å². The molecular formula is C42H25N3. The van der Waals surface area contributed by atoms with Crippen molar-refractivity contribution in [3.05, 3.63) is 152 Å². The summed E-state index contributed by atoms with van der Waals surface area (Å²) < 4.78 is 7.36. The van der Waals surface area contributed by atoms with E-state index in [9.17, 15) is 0 Å². The predicted molar refractivity (Wildman–Crippen MR) is 190 cm³/mol. The van der Waals surface area contributed by atoms with Crippen molar-refractivity contribution < 1.29 is 0 Å². The summed E-state index contributed by atoms with van der Waals surface area (Å²) in [4.78, 5) is 0. The SMILES string of the molecule is c1ccc(-n2c3ccccc3c3c4c5cccc6c7c8c9ccccc9n(-c9ccccc9)c8ccc7n(c4ccc32)c56)cc1. The van der Waals surface area contributed by atoms with Gasteiger partial charge in [-0.15, -0.1) is 0 Å². The molecule has 4 aromatic heterocycles. The Morgan fingerprint density at radius 1 is 0.267 bits per heavy atom. The topological polar surface area (TPSA) is 14.3 Å². The van der Waals surface area contributed by atoms with E-state index in [0.717, 1.165) is 0 Å². The minimum atomic E-state index is 1.18. The van der Waals surface area contributed by atoms with Crippen molar-refractivity contribution >= 4 is 81.7 Å². The van der Waals surface area contributed by atoms with Gasteiger partial charge >= 0.3 is 0 Å². The number of benzene rings is 7. The van der Waals surface area contributed by atoms with Crippen LogP contribution in [0.5, 0.6) is 0 Å². The molecule has 11 rings (SSSR count). The first-order chi connectivity index (χ1) is 22.4. The fraction of sp³-hybridized carbons (Fsp3) is 0. The van der Waals surface area contributed by atoms with E-state index in [2.05, 4.69) is 165 Å². The molecule has 7 aromatic carbocycles. The molecule has 0 spiro atoms. The zero-order chi connectivity index (χ0) is 29.2. The summed E-state index contributed by atoms with van der Waals surface area (Å²) in [6.07, 6.45) is 0. The molecule has 208 valence electrons. The van der Waals surface area contributed by atoms with Crippen molar-refractivity contribution in [2.24, 2.45) is 0 Å². The van der Waals surface area contributed by atoms with E-state index in [1.54, 1.807) is 0 Å². The number of rotatable bonds is 2. The number of hydrogen-bond acceptors (Lipinski definition) is 0. The third-order valence-electron chi connectivity index (χ3n) is 9.94. The van der Waals surface area contributed by atoms with Gasteiger partial charge in [-0.05, 0) is 60.7 Å². The van der Waals surface area contributed by atoms with E-state index in [0.29, 0.717) is 0 Å². The molecule has 0 unspecified atom stereocenters. The standard InChI is InChI=1S/C42H25N3/c1-3-12-26(13-4-1)43-32-20-9-7-16-28(32)38-34(43)22-24-36-40(38)30-18-11-19-31-41-37(45(36)42(30)31)25-23-35-39(41)29-17-8-10-21-33(29)44(35)27-14-5-2-6-15-27/h1-25H. The Morgan fingerprint density at radius 2 is 0.644 bits per heavy atom. The lowest BCUT2D eigenvalue weighted by Gasteiger charge is -2.08. The van der Waals surface area contributed by atoms with Crippen LogP contribution in [-0.2, 0) is 0 Å². The fourth-order valence-corrected chi connectivity index (χ4v) is 8.29. The van der Waals surface area contributed by atoms with Crippen molar-refractivity contribution in [2.75, 3.05) is 0 Å².